The van der Waals surface area contributed by atoms with Gasteiger partial charge in [0, 0.05) is 31.6 Å². The lowest BCUT2D eigenvalue weighted by Gasteiger charge is -2.41. The molecule has 0 saturated carbocycles. The first-order valence-electron chi connectivity index (χ1n) is 7.94. The third-order valence-corrected chi connectivity index (χ3v) is 5.47. The quantitative estimate of drug-likeness (QED) is 0.848. The highest BCUT2D eigenvalue weighted by molar-refractivity contribution is 7.09. The molecule has 2 heterocycles. The molecule has 1 aliphatic heterocycles. The van der Waals surface area contributed by atoms with E-state index in [9.17, 15) is 4.79 Å². The number of hydrogen-bond donors (Lipinski definition) is 0. The van der Waals surface area contributed by atoms with E-state index in [1.807, 2.05) is 24.3 Å². The third kappa shape index (κ3) is 3.79. The molecule has 1 saturated heterocycles. The van der Waals surface area contributed by atoms with Crippen LogP contribution in [0, 0.1) is 0 Å². The van der Waals surface area contributed by atoms with Crippen LogP contribution in [0.15, 0.2) is 5.38 Å². The van der Waals surface area contributed by atoms with Crippen molar-refractivity contribution in [2.75, 3.05) is 14.2 Å². The zero-order valence-corrected chi connectivity index (χ0v) is 15.0. The van der Waals surface area contributed by atoms with Gasteiger partial charge in [-0.1, -0.05) is 0 Å². The molecule has 0 aromatic carbocycles. The summed E-state index contributed by atoms with van der Waals surface area (Å²) in [5.74, 6) is 0. The summed E-state index contributed by atoms with van der Waals surface area (Å²) < 4.78 is 5.28. The summed E-state index contributed by atoms with van der Waals surface area (Å²) in [6, 6.07) is 0.741. The maximum atomic E-state index is 12.7. The molecule has 0 N–H and O–H groups in total. The molecule has 2 rings (SSSR count). The number of thiazole rings is 1. The lowest BCUT2D eigenvalue weighted by Crippen LogP contribution is -2.52. The first-order valence-corrected chi connectivity index (χ1v) is 8.82. The van der Waals surface area contributed by atoms with E-state index in [1.54, 1.807) is 23.3 Å². The zero-order valence-electron chi connectivity index (χ0n) is 14.2. The van der Waals surface area contributed by atoms with Crippen LogP contribution >= 0.6 is 11.3 Å². The van der Waals surface area contributed by atoms with Crippen LogP contribution in [0.4, 0.5) is 4.79 Å². The molecule has 0 radical (unpaired) electrons. The molecule has 0 spiro atoms. The Kier molecular flexibility index (Phi) is 5.81. The highest BCUT2D eigenvalue weighted by atomic mass is 32.1. The minimum atomic E-state index is 0.00176. The summed E-state index contributed by atoms with van der Waals surface area (Å²) in [4.78, 5) is 21.1. The molecule has 22 heavy (non-hydrogen) atoms. The van der Waals surface area contributed by atoms with Crippen LogP contribution < -0.4 is 0 Å². The second kappa shape index (κ2) is 7.42. The van der Waals surface area contributed by atoms with Crippen molar-refractivity contribution in [1.82, 2.24) is 14.8 Å². The normalized spacial score (nSPS) is 23.4. The van der Waals surface area contributed by atoms with Gasteiger partial charge in [0.05, 0.1) is 12.2 Å². The Hall–Kier alpha value is -1.14. The molecule has 6 heteroatoms. The van der Waals surface area contributed by atoms with E-state index in [2.05, 4.69) is 18.8 Å². The number of hydrogen-bond acceptors (Lipinski definition) is 4. The van der Waals surface area contributed by atoms with Crippen molar-refractivity contribution < 1.29 is 9.53 Å². The Balaban J connectivity index is 2.00. The number of carbonyl (C=O) groups excluding carboxylic acids is 1. The SMILES string of the molecule is CO[C@@H](C)c1nc(CN(C)C(=O)N2[C@H](C)CCC[C@@H]2C)cs1. The first-order chi connectivity index (χ1) is 10.4. The van der Waals surface area contributed by atoms with E-state index in [4.69, 9.17) is 4.74 Å². The zero-order chi connectivity index (χ0) is 16.3. The van der Waals surface area contributed by atoms with Gasteiger partial charge in [-0.2, -0.15) is 0 Å². The second-order valence-corrected chi connectivity index (χ2v) is 7.12. The first kappa shape index (κ1) is 17.2. The van der Waals surface area contributed by atoms with Gasteiger partial charge in [0.2, 0.25) is 0 Å². The number of carbonyl (C=O) groups is 1. The molecule has 5 nitrogen and oxygen atoms in total. The average Bonchev–Trinajstić information content (AvgIpc) is 2.94. The lowest BCUT2D eigenvalue weighted by molar-refractivity contribution is 0.0964. The van der Waals surface area contributed by atoms with Crippen LogP contribution in [0.25, 0.3) is 0 Å². The maximum Gasteiger partial charge on any atom is 0.320 e. The average molecular weight is 325 g/mol. The van der Waals surface area contributed by atoms with Gasteiger partial charge in [0.1, 0.15) is 11.1 Å². The number of nitrogens with zero attached hydrogens (tertiary/aromatic N) is 3. The van der Waals surface area contributed by atoms with E-state index in [0.717, 1.165) is 23.5 Å². The lowest BCUT2D eigenvalue weighted by atomic mass is 9.98. The fourth-order valence-electron chi connectivity index (χ4n) is 2.99. The molecular formula is C16H27N3O2S. The largest absolute Gasteiger partial charge is 0.375 e. The molecular weight excluding hydrogens is 298 g/mol. The summed E-state index contributed by atoms with van der Waals surface area (Å²) in [5, 5.41) is 2.97. The Morgan fingerprint density at radius 1 is 1.50 bits per heavy atom. The van der Waals surface area contributed by atoms with Crippen LogP contribution in [0.2, 0.25) is 0 Å². The second-order valence-electron chi connectivity index (χ2n) is 6.23. The summed E-state index contributed by atoms with van der Waals surface area (Å²) in [6.07, 6.45) is 3.40. The Morgan fingerprint density at radius 2 is 2.14 bits per heavy atom. The number of rotatable bonds is 4. The number of methoxy groups -OCH3 is 1. The number of urea groups is 1. The van der Waals surface area contributed by atoms with E-state index in [1.165, 1.54) is 6.42 Å². The van der Waals surface area contributed by atoms with Gasteiger partial charge in [-0.15, -0.1) is 11.3 Å². The maximum absolute atomic E-state index is 12.7. The highest BCUT2D eigenvalue weighted by Crippen LogP contribution is 2.25. The van der Waals surface area contributed by atoms with Crippen molar-refractivity contribution in [3.05, 3.63) is 16.1 Å². The Bertz CT molecular complexity index is 495. The fraction of sp³-hybridized carbons (Fsp3) is 0.750. The van der Waals surface area contributed by atoms with Gasteiger partial charge in [-0.3, -0.25) is 0 Å². The van der Waals surface area contributed by atoms with Crippen LogP contribution in [0.5, 0.6) is 0 Å². The predicted octanol–water partition coefficient (Wildman–Crippen LogP) is 3.67. The minimum absolute atomic E-state index is 0.00176. The molecule has 3 atom stereocenters. The fourth-order valence-corrected chi connectivity index (χ4v) is 3.83. The summed E-state index contributed by atoms with van der Waals surface area (Å²) in [5.41, 5.74) is 0.928. The number of amides is 2. The van der Waals surface area contributed by atoms with Crippen molar-refractivity contribution in [3.63, 3.8) is 0 Å². The van der Waals surface area contributed by atoms with Crippen LogP contribution in [0.3, 0.4) is 0 Å². The van der Waals surface area contributed by atoms with Crippen LogP contribution in [0.1, 0.15) is 56.8 Å². The molecule has 1 aliphatic rings. The van der Waals surface area contributed by atoms with Gasteiger partial charge in [-0.25, -0.2) is 9.78 Å². The van der Waals surface area contributed by atoms with Crippen molar-refractivity contribution in [3.8, 4) is 0 Å². The van der Waals surface area contributed by atoms with E-state index < -0.39 is 0 Å². The topological polar surface area (TPSA) is 45.7 Å². The molecule has 0 bridgehead atoms. The monoisotopic (exact) mass is 325 g/mol. The standard InChI is InChI=1S/C16H27N3O2S/c1-11-7-6-8-12(2)19(11)16(20)18(4)9-14-10-22-15(17-14)13(3)21-5/h10-13H,6-9H2,1-5H3/t11-,12+,13-/m0/s1. The van der Waals surface area contributed by atoms with Gasteiger partial charge in [0.25, 0.3) is 0 Å². The van der Waals surface area contributed by atoms with Gasteiger partial charge < -0.3 is 14.5 Å². The van der Waals surface area contributed by atoms with Gasteiger partial charge >= 0.3 is 6.03 Å². The van der Waals surface area contributed by atoms with Crippen LogP contribution in [-0.4, -0.2) is 47.1 Å². The van der Waals surface area contributed by atoms with E-state index in [0.29, 0.717) is 18.6 Å². The van der Waals surface area contributed by atoms with Gasteiger partial charge in [-0.05, 0) is 40.0 Å². The van der Waals surface area contributed by atoms with Crippen molar-refractivity contribution in [2.45, 2.75) is 64.8 Å². The summed E-state index contributed by atoms with van der Waals surface area (Å²) in [6.45, 7) is 6.81. The van der Waals surface area contributed by atoms with Gasteiger partial charge in [0.15, 0.2) is 0 Å². The van der Waals surface area contributed by atoms with E-state index >= 15 is 0 Å². The number of ether oxygens (including phenoxy) is 1. The molecule has 1 aromatic rings. The minimum Gasteiger partial charge on any atom is -0.375 e. The van der Waals surface area contributed by atoms with Crippen molar-refractivity contribution >= 4 is 17.4 Å². The number of likely N-dealkylation sites (tertiary alicyclic amines) is 1. The molecule has 1 fully saturated rings. The Morgan fingerprint density at radius 3 is 2.73 bits per heavy atom. The summed E-state index contributed by atoms with van der Waals surface area (Å²) in [7, 11) is 3.54. The molecule has 0 unspecified atom stereocenters. The van der Waals surface area contributed by atoms with E-state index in [-0.39, 0.29) is 12.1 Å². The number of aromatic nitrogens is 1. The van der Waals surface area contributed by atoms with Crippen LogP contribution in [-0.2, 0) is 11.3 Å². The smallest absolute Gasteiger partial charge is 0.320 e. The van der Waals surface area contributed by atoms with Crippen molar-refractivity contribution in [1.29, 1.82) is 0 Å². The van der Waals surface area contributed by atoms with Crippen molar-refractivity contribution in [2.24, 2.45) is 0 Å². The summed E-state index contributed by atoms with van der Waals surface area (Å²) >= 11 is 1.58. The number of piperidine rings is 1. The Labute approximate surface area is 137 Å². The third-order valence-electron chi connectivity index (χ3n) is 4.41. The molecule has 124 valence electrons. The molecule has 2 amide bonds. The highest BCUT2D eigenvalue weighted by Gasteiger charge is 2.31. The molecule has 1 aromatic heterocycles. The predicted molar refractivity (Wildman–Crippen MR) is 89.0 cm³/mol. The molecule has 0 aliphatic carbocycles.